The van der Waals surface area contributed by atoms with Crippen molar-refractivity contribution in [3.05, 3.63) is 33.3 Å². The molecule has 0 bridgehead atoms. The molecular formula is C14H19BrClN5O. The van der Waals surface area contributed by atoms with Crippen molar-refractivity contribution in [1.29, 1.82) is 0 Å². The predicted octanol–water partition coefficient (Wildman–Crippen LogP) is 2.87. The van der Waals surface area contributed by atoms with Crippen LogP contribution in [0.4, 0.5) is 0 Å². The standard InChI is InChI=1S/C14H19BrClN5O/c1-4-20-8-12(16)13(18-20)9-19(3)14(22)5-6-21-7-11(15)10(2)17-21/h7-8H,4-6,9H2,1-3H3. The van der Waals surface area contributed by atoms with E-state index in [1.807, 2.05) is 20.0 Å². The monoisotopic (exact) mass is 387 g/mol. The highest BCUT2D eigenvalue weighted by Crippen LogP contribution is 2.16. The summed E-state index contributed by atoms with van der Waals surface area (Å²) in [4.78, 5) is 13.8. The number of carbonyl (C=O) groups excluding carboxylic acids is 1. The van der Waals surface area contributed by atoms with Crippen molar-refractivity contribution in [2.24, 2.45) is 0 Å². The molecule has 0 atom stereocenters. The van der Waals surface area contributed by atoms with Gasteiger partial charge in [0.05, 0.1) is 21.7 Å². The van der Waals surface area contributed by atoms with Gasteiger partial charge in [0, 0.05) is 39.0 Å². The Bertz CT molecular complexity index is 647. The first-order chi connectivity index (χ1) is 10.4. The summed E-state index contributed by atoms with van der Waals surface area (Å²) in [6.07, 6.45) is 4.04. The Labute approximate surface area is 143 Å². The topological polar surface area (TPSA) is 56.0 Å². The molecule has 0 fully saturated rings. The fourth-order valence-corrected chi connectivity index (χ4v) is 2.55. The van der Waals surface area contributed by atoms with Crippen molar-refractivity contribution in [3.63, 3.8) is 0 Å². The van der Waals surface area contributed by atoms with Crippen LogP contribution >= 0.6 is 27.5 Å². The smallest absolute Gasteiger partial charge is 0.224 e. The zero-order chi connectivity index (χ0) is 16.3. The van der Waals surface area contributed by atoms with Gasteiger partial charge in [-0.2, -0.15) is 10.2 Å². The average Bonchev–Trinajstić information content (AvgIpc) is 2.99. The van der Waals surface area contributed by atoms with Gasteiger partial charge in [-0.3, -0.25) is 14.2 Å². The highest BCUT2D eigenvalue weighted by Gasteiger charge is 2.14. The quantitative estimate of drug-likeness (QED) is 0.764. The Balaban J connectivity index is 1.90. The molecule has 0 aliphatic rings. The Morgan fingerprint density at radius 3 is 2.64 bits per heavy atom. The second-order valence-electron chi connectivity index (χ2n) is 5.10. The first-order valence-electron chi connectivity index (χ1n) is 7.06. The van der Waals surface area contributed by atoms with Crippen LogP contribution in [-0.2, 0) is 24.4 Å². The minimum atomic E-state index is 0.0337. The molecule has 1 amide bonds. The van der Waals surface area contributed by atoms with Crippen molar-refractivity contribution in [2.75, 3.05) is 7.05 Å². The summed E-state index contributed by atoms with van der Waals surface area (Å²) in [7, 11) is 1.76. The van der Waals surface area contributed by atoms with Crippen molar-refractivity contribution in [3.8, 4) is 0 Å². The van der Waals surface area contributed by atoms with Crippen LogP contribution in [0.2, 0.25) is 5.02 Å². The minimum Gasteiger partial charge on any atom is -0.340 e. The first-order valence-corrected chi connectivity index (χ1v) is 8.23. The number of amides is 1. The van der Waals surface area contributed by atoms with Crippen LogP contribution in [-0.4, -0.2) is 37.4 Å². The number of rotatable bonds is 6. The molecule has 22 heavy (non-hydrogen) atoms. The number of nitrogens with zero attached hydrogens (tertiary/aromatic N) is 5. The van der Waals surface area contributed by atoms with E-state index in [0.717, 1.165) is 22.4 Å². The third kappa shape index (κ3) is 4.10. The predicted molar refractivity (Wildman–Crippen MR) is 88.7 cm³/mol. The molecule has 0 saturated heterocycles. The molecule has 2 rings (SSSR count). The highest BCUT2D eigenvalue weighted by molar-refractivity contribution is 9.10. The van der Waals surface area contributed by atoms with Crippen LogP contribution in [0.15, 0.2) is 16.9 Å². The Kier molecular flexibility index (Phi) is 5.63. The molecule has 2 aromatic heterocycles. The van der Waals surface area contributed by atoms with Gasteiger partial charge in [-0.15, -0.1) is 0 Å². The van der Waals surface area contributed by atoms with Crippen LogP contribution in [0, 0.1) is 6.92 Å². The second-order valence-corrected chi connectivity index (χ2v) is 6.37. The lowest BCUT2D eigenvalue weighted by Crippen LogP contribution is -2.27. The van der Waals surface area contributed by atoms with E-state index in [1.54, 1.807) is 27.5 Å². The maximum Gasteiger partial charge on any atom is 0.224 e. The molecule has 120 valence electrons. The number of aromatic nitrogens is 4. The van der Waals surface area contributed by atoms with E-state index in [-0.39, 0.29) is 5.91 Å². The molecule has 2 heterocycles. The summed E-state index contributed by atoms with van der Waals surface area (Å²) in [6.45, 7) is 5.62. The van der Waals surface area contributed by atoms with Crippen LogP contribution in [0.5, 0.6) is 0 Å². The number of carbonyl (C=O) groups is 1. The first kappa shape index (κ1) is 17.0. The SMILES string of the molecule is CCn1cc(Cl)c(CN(C)C(=O)CCn2cc(Br)c(C)n2)n1. The van der Waals surface area contributed by atoms with Gasteiger partial charge in [0.2, 0.25) is 5.91 Å². The van der Waals surface area contributed by atoms with Crippen LogP contribution in [0.3, 0.4) is 0 Å². The largest absolute Gasteiger partial charge is 0.340 e. The minimum absolute atomic E-state index is 0.0337. The number of aryl methyl sites for hydroxylation is 3. The lowest BCUT2D eigenvalue weighted by atomic mass is 10.3. The Hall–Kier alpha value is -1.34. The van der Waals surface area contributed by atoms with Gasteiger partial charge in [-0.25, -0.2) is 0 Å². The molecule has 6 nitrogen and oxygen atoms in total. The Morgan fingerprint density at radius 2 is 2.09 bits per heavy atom. The molecule has 0 unspecified atom stereocenters. The van der Waals surface area contributed by atoms with Crippen LogP contribution in [0.1, 0.15) is 24.7 Å². The summed E-state index contributed by atoms with van der Waals surface area (Å²) in [5.74, 6) is 0.0337. The van der Waals surface area contributed by atoms with Crippen molar-refractivity contribution in [2.45, 2.75) is 39.9 Å². The summed E-state index contributed by atoms with van der Waals surface area (Å²) in [5, 5.41) is 9.26. The fraction of sp³-hybridized carbons (Fsp3) is 0.500. The van der Waals surface area contributed by atoms with E-state index in [0.29, 0.717) is 24.5 Å². The van der Waals surface area contributed by atoms with E-state index in [4.69, 9.17) is 11.6 Å². The number of hydrogen-bond donors (Lipinski definition) is 0. The molecule has 0 spiro atoms. The average molecular weight is 389 g/mol. The van der Waals surface area contributed by atoms with Gasteiger partial charge in [0.25, 0.3) is 0 Å². The number of halogens is 2. The van der Waals surface area contributed by atoms with Crippen LogP contribution < -0.4 is 0 Å². The van der Waals surface area contributed by atoms with Crippen molar-refractivity contribution < 1.29 is 4.79 Å². The molecule has 0 aliphatic heterocycles. The van der Waals surface area contributed by atoms with E-state index in [2.05, 4.69) is 26.1 Å². The number of hydrogen-bond acceptors (Lipinski definition) is 3. The molecular weight excluding hydrogens is 370 g/mol. The molecule has 0 aliphatic carbocycles. The second kappa shape index (κ2) is 7.28. The fourth-order valence-electron chi connectivity index (χ4n) is 2.03. The summed E-state index contributed by atoms with van der Waals surface area (Å²) in [5.41, 5.74) is 1.63. The zero-order valence-electron chi connectivity index (χ0n) is 12.9. The summed E-state index contributed by atoms with van der Waals surface area (Å²) in [6, 6.07) is 0. The van der Waals surface area contributed by atoms with E-state index in [1.165, 1.54) is 0 Å². The summed E-state index contributed by atoms with van der Waals surface area (Å²) >= 11 is 9.53. The van der Waals surface area contributed by atoms with E-state index >= 15 is 0 Å². The van der Waals surface area contributed by atoms with E-state index < -0.39 is 0 Å². The molecule has 0 radical (unpaired) electrons. The molecule has 2 aromatic rings. The molecule has 8 heteroatoms. The third-order valence-corrected chi connectivity index (χ3v) is 4.46. The molecule has 0 aromatic carbocycles. The molecule has 0 N–H and O–H groups in total. The zero-order valence-corrected chi connectivity index (χ0v) is 15.2. The van der Waals surface area contributed by atoms with Gasteiger partial charge in [-0.1, -0.05) is 11.6 Å². The van der Waals surface area contributed by atoms with Crippen molar-refractivity contribution in [1.82, 2.24) is 24.5 Å². The van der Waals surface area contributed by atoms with Crippen molar-refractivity contribution >= 4 is 33.4 Å². The van der Waals surface area contributed by atoms with Gasteiger partial charge in [-0.05, 0) is 29.8 Å². The Morgan fingerprint density at radius 1 is 1.36 bits per heavy atom. The van der Waals surface area contributed by atoms with Gasteiger partial charge in [0.1, 0.15) is 5.69 Å². The molecule has 0 saturated carbocycles. The van der Waals surface area contributed by atoms with Gasteiger partial charge >= 0.3 is 0 Å². The highest BCUT2D eigenvalue weighted by atomic mass is 79.9. The maximum absolute atomic E-state index is 12.2. The van der Waals surface area contributed by atoms with Gasteiger partial charge < -0.3 is 4.90 Å². The maximum atomic E-state index is 12.2. The third-order valence-electron chi connectivity index (χ3n) is 3.37. The van der Waals surface area contributed by atoms with Gasteiger partial charge in [0.15, 0.2) is 0 Å². The van der Waals surface area contributed by atoms with E-state index in [9.17, 15) is 4.79 Å². The van der Waals surface area contributed by atoms with Crippen LogP contribution in [0.25, 0.3) is 0 Å². The normalized spacial score (nSPS) is 11.0. The lowest BCUT2D eigenvalue weighted by Gasteiger charge is -2.16. The lowest BCUT2D eigenvalue weighted by molar-refractivity contribution is -0.130. The summed E-state index contributed by atoms with van der Waals surface area (Å²) < 4.78 is 4.48.